The van der Waals surface area contributed by atoms with Crippen molar-refractivity contribution in [2.45, 2.75) is 26.0 Å². The summed E-state index contributed by atoms with van der Waals surface area (Å²) in [7, 11) is 5.49. The fourth-order valence-electron chi connectivity index (χ4n) is 2.58. The van der Waals surface area contributed by atoms with E-state index in [9.17, 15) is 0 Å². The summed E-state index contributed by atoms with van der Waals surface area (Å²) >= 11 is 1.62. The fourth-order valence-corrected chi connectivity index (χ4v) is 3.42. The Morgan fingerprint density at radius 1 is 1.38 bits per heavy atom. The van der Waals surface area contributed by atoms with Crippen molar-refractivity contribution in [2.75, 3.05) is 34.4 Å². The van der Waals surface area contributed by atoms with Crippen molar-refractivity contribution in [3.05, 3.63) is 45.9 Å². The molecule has 2 rings (SSSR count). The molecule has 1 unspecified atom stereocenters. The third-order valence-electron chi connectivity index (χ3n) is 4.19. The van der Waals surface area contributed by atoms with E-state index in [0.717, 1.165) is 35.4 Å². The monoisotopic (exact) mass is 528 g/mol. The van der Waals surface area contributed by atoms with Gasteiger partial charge in [0.1, 0.15) is 23.5 Å². The van der Waals surface area contributed by atoms with Crippen LogP contribution in [0.2, 0.25) is 0 Å². The Hall–Kier alpha value is -1.83. The van der Waals surface area contributed by atoms with E-state index in [1.165, 1.54) is 5.56 Å². The average Bonchev–Trinajstić information content (AvgIpc) is 3.18. The molecule has 0 aliphatic carbocycles. The molecule has 1 atom stereocenters. The number of nitrogens with one attached hydrogen (secondary N) is 1. The first-order valence-electron chi connectivity index (χ1n) is 9.11. The smallest absolute Gasteiger partial charge is 0.193 e. The highest BCUT2D eigenvalue weighted by atomic mass is 127. The summed E-state index contributed by atoms with van der Waals surface area (Å²) in [4.78, 5) is 11.1. The number of benzene rings is 1. The average molecular weight is 528 g/mol. The molecule has 1 aromatic heterocycles. The lowest BCUT2D eigenvalue weighted by Crippen LogP contribution is -2.39. The van der Waals surface area contributed by atoms with Gasteiger partial charge in [0, 0.05) is 33.1 Å². The van der Waals surface area contributed by atoms with Gasteiger partial charge < -0.3 is 19.7 Å². The molecule has 0 fully saturated rings. The van der Waals surface area contributed by atoms with E-state index in [1.54, 1.807) is 25.5 Å². The van der Waals surface area contributed by atoms with Crippen LogP contribution in [0.15, 0.2) is 34.6 Å². The molecule has 29 heavy (non-hydrogen) atoms. The Morgan fingerprint density at radius 3 is 2.72 bits per heavy atom. The van der Waals surface area contributed by atoms with Crippen molar-refractivity contribution in [1.29, 1.82) is 0 Å². The van der Waals surface area contributed by atoms with Crippen molar-refractivity contribution in [3.63, 3.8) is 0 Å². The number of terminal acetylenes is 1. The Bertz CT molecular complexity index is 802. The number of aromatic nitrogens is 1. The highest BCUT2D eigenvalue weighted by Gasteiger charge is 2.12. The Balaban J connectivity index is 0.00000420. The number of thiazole rings is 1. The predicted molar refractivity (Wildman–Crippen MR) is 130 cm³/mol. The van der Waals surface area contributed by atoms with Crippen LogP contribution in [0.4, 0.5) is 0 Å². The molecule has 1 heterocycles. The quantitative estimate of drug-likeness (QED) is 0.233. The van der Waals surface area contributed by atoms with E-state index in [0.29, 0.717) is 6.54 Å². The summed E-state index contributed by atoms with van der Waals surface area (Å²) < 4.78 is 10.7. The maximum Gasteiger partial charge on any atom is 0.193 e. The second kappa shape index (κ2) is 13.4. The second-order valence-electron chi connectivity index (χ2n) is 6.27. The van der Waals surface area contributed by atoms with Crippen molar-refractivity contribution in [3.8, 4) is 18.1 Å². The number of nitrogens with zero attached hydrogens (tertiary/aromatic N) is 3. The maximum absolute atomic E-state index is 5.39. The predicted octanol–water partition coefficient (Wildman–Crippen LogP) is 3.73. The summed E-state index contributed by atoms with van der Waals surface area (Å²) in [5, 5.41) is 6.45. The number of halogens is 1. The van der Waals surface area contributed by atoms with Crippen LogP contribution in [0.1, 0.15) is 29.3 Å². The fraction of sp³-hybridized carbons (Fsp3) is 0.429. The van der Waals surface area contributed by atoms with Gasteiger partial charge in [0.15, 0.2) is 5.96 Å². The van der Waals surface area contributed by atoms with Crippen LogP contribution < -0.4 is 10.1 Å². The van der Waals surface area contributed by atoms with Gasteiger partial charge in [-0.2, -0.15) is 0 Å². The normalized spacial score (nSPS) is 11.9. The molecule has 1 N–H and O–H groups in total. The van der Waals surface area contributed by atoms with Crippen LogP contribution in [0.25, 0.3) is 0 Å². The Kier molecular flexibility index (Phi) is 11.7. The van der Waals surface area contributed by atoms with Gasteiger partial charge in [-0.1, -0.05) is 18.1 Å². The maximum atomic E-state index is 5.39. The van der Waals surface area contributed by atoms with E-state index in [-0.39, 0.29) is 36.7 Å². The highest BCUT2D eigenvalue weighted by molar-refractivity contribution is 14.0. The van der Waals surface area contributed by atoms with E-state index in [4.69, 9.17) is 15.9 Å². The van der Waals surface area contributed by atoms with Gasteiger partial charge in [-0.25, -0.2) is 4.98 Å². The minimum absolute atomic E-state index is 0. The summed E-state index contributed by atoms with van der Waals surface area (Å²) in [5.41, 5.74) is 2.23. The molecule has 0 saturated heterocycles. The topological polar surface area (TPSA) is 59.0 Å². The molecular formula is C21H29IN4O2S. The number of hydrogen-bond donors (Lipinski definition) is 1. The number of methoxy groups -OCH3 is 1. The molecule has 2 aromatic rings. The molecule has 0 aliphatic rings. The van der Waals surface area contributed by atoms with E-state index in [1.807, 2.05) is 38.2 Å². The zero-order valence-electron chi connectivity index (χ0n) is 17.3. The summed E-state index contributed by atoms with van der Waals surface area (Å²) in [6.07, 6.45) is 6.10. The summed E-state index contributed by atoms with van der Waals surface area (Å²) in [6, 6.07) is 7.98. The molecule has 8 heteroatoms. The summed E-state index contributed by atoms with van der Waals surface area (Å²) in [6.45, 7) is 3.76. The second-order valence-corrected chi connectivity index (χ2v) is 7.16. The molecular weight excluding hydrogens is 499 g/mol. The number of hydrogen-bond acceptors (Lipinski definition) is 5. The Labute approximate surface area is 194 Å². The lowest BCUT2D eigenvalue weighted by molar-refractivity contribution is 0.119. The van der Waals surface area contributed by atoms with Crippen molar-refractivity contribution in [2.24, 2.45) is 4.99 Å². The lowest BCUT2D eigenvalue weighted by Gasteiger charge is -2.21. The zero-order chi connectivity index (χ0) is 20.4. The highest BCUT2D eigenvalue weighted by Crippen LogP contribution is 2.21. The number of ether oxygens (including phenoxy) is 2. The third-order valence-corrected chi connectivity index (χ3v) is 5.24. The standard InChI is InChI=1S/C21H28N4O2S.HI/c1-6-13-27-19-9-7-17(8-10-19)11-12-23-21(22-3)25(4)14-18-15-28-20(24-18)16(2)26-5;/h1,7-10,15-16H,11-14H2,2-5H3,(H,22,23);1H. The van der Waals surface area contributed by atoms with Crippen molar-refractivity contribution in [1.82, 2.24) is 15.2 Å². The first-order valence-corrected chi connectivity index (χ1v) is 9.99. The van der Waals surface area contributed by atoms with Crippen LogP contribution >= 0.6 is 35.3 Å². The first-order chi connectivity index (χ1) is 13.6. The molecule has 0 saturated carbocycles. The van der Waals surface area contributed by atoms with Crippen molar-refractivity contribution >= 4 is 41.3 Å². The SMILES string of the molecule is C#CCOc1ccc(CCNC(=NC)N(C)Cc2csc(C(C)OC)n2)cc1.I. The molecule has 1 aromatic carbocycles. The minimum Gasteiger partial charge on any atom is -0.481 e. The van der Waals surface area contributed by atoms with Gasteiger partial charge in [-0.3, -0.25) is 4.99 Å². The van der Waals surface area contributed by atoms with Gasteiger partial charge >= 0.3 is 0 Å². The number of guanidine groups is 1. The Morgan fingerprint density at radius 2 is 2.10 bits per heavy atom. The number of rotatable bonds is 9. The van der Waals surface area contributed by atoms with Gasteiger partial charge in [-0.05, 0) is 31.0 Å². The van der Waals surface area contributed by atoms with Crippen LogP contribution in [0, 0.1) is 12.3 Å². The van der Waals surface area contributed by atoms with Crippen LogP contribution in [0.5, 0.6) is 5.75 Å². The zero-order valence-corrected chi connectivity index (χ0v) is 20.5. The third kappa shape index (κ3) is 8.20. The van der Waals surface area contributed by atoms with E-state index >= 15 is 0 Å². The van der Waals surface area contributed by atoms with Gasteiger partial charge in [0.05, 0.1) is 12.2 Å². The molecule has 6 nitrogen and oxygen atoms in total. The van der Waals surface area contributed by atoms with Gasteiger partial charge in [0.2, 0.25) is 0 Å². The molecule has 0 radical (unpaired) electrons. The molecule has 0 spiro atoms. The largest absolute Gasteiger partial charge is 0.481 e. The molecule has 0 bridgehead atoms. The van der Waals surface area contributed by atoms with Crippen LogP contribution in [-0.4, -0.2) is 50.2 Å². The van der Waals surface area contributed by atoms with Gasteiger partial charge in [0.25, 0.3) is 0 Å². The summed E-state index contributed by atoms with van der Waals surface area (Å²) in [5.74, 6) is 4.09. The van der Waals surface area contributed by atoms with Gasteiger partial charge in [-0.15, -0.1) is 41.7 Å². The molecule has 0 aliphatic heterocycles. The first kappa shape index (κ1) is 25.2. The van der Waals surface area contributed by atoms with Crippen molar-refractivity contribution < 1.29 is 9.47 Å². The van der Waals surface area contributed by atoms with E-state index < -0.39 is 0 Å². The number of aliphatic imine (C=N–C) groups is 1. The molecule has 158 valence electrons. The van der Waals surface area contributed by atoms with Crippen LogP contribution in [0.3, 0.4) is 0 Å². The van der Waals surface area contributed by atoms with E-state index in [2.05, 4.69) is 31.5 Å². The van der Waals surface area contributed by atoms with Crippen LogP contribution in [-0.2, 0) is 17.7 Å². The minimum atomic E-state index is 0. The molecule has 0 amide bonds. The lowest BCUT2D eigenvalue weighted by atomic mass is 10.1.